The van der Waals surface area contributed by atoms with E-state index in [2.05, 4.69) is 4.99 Å². The number of benzene rings is 2. The molecule has 0 N–H and O–H groups in total. The summed E-state index contributed by atoms with van der Waals surface area (Å²) in [4.78, 5) is 17.7. The number of methoxy groups -OCH3 is 2. The number of amides is 1. The summed E-state index contributed by atoms with van der Waals surface area (Å²) in [5, 5.41) is 0. The molecule has 0 bridgehead atoms. The molecule has 1 aromatic heterocycles. The summed E-state index contributed by atoms with van der Waals surface area (Å²) in [6.45, 7) is 2.55. The highest BCUT2D eigenvalue weighted by atomic mass is 32.2. The second-order valence-corrected chi connectivity index (χ2v) is 9.69. The molecule has 0 aliphatic rings. The van der Waals surface area contributed by atoms with Crippen molar-refractivity contribution in [2.24, 2.45) is 4.99 Å². The van der Waals surface area contributed by atoms with Crippen molar-refractivity contribution < 1.29 is 22.7 Å². The minimum Gasteiger partial charge on any atom is -0.497 e. The average molecular weight is 450 g/mol. The summed E-state index contributed by atoms with van der Waals surface area (Å²) >= 11 is 1.35. The first kappa shape index (κ1) is 22.0. The van der Waals surface area contributed by atoms with Crippen molar-refractivity contribution in [2.75, 3.05) is 28.3 Å². The monoisotopic (exact) mass is 449 g/mol. The van der Waals surface area contributed by atoms with E-state index < -0.39 is 15.9 Å². The van der Waals surface area contributed by atoms with Crippen LogP contribution in [0.2, 0.25) is 0 Å². The predicted octanol–water partition coefficient (Wildman–Crippen LogP) is 2.73. The van der Waals surface area contributed by atoms with Crippen molar-refractivity contribution in [2.45, 2.75) is 18.4 Å². The van der Waals surface area contributed by atoms with Crippen LogP contribution in [0, 0.1) is 0 Å². The lowest BCUT2D eigenvalue weighted by Gasteiger charge is -2.11. The van der Waals surface area contributed by atoms with Gasteiger partial charge in [0.05, 0.1) is 23.8 Å². The van der Waals surface area contributed by atoms with Crippen LogP contribution in [0.15, 0.2) is 46.3 Å². The van der Waals surface area contributed by atoms with Crippen molar-refractivity contribution in [1.82, 2.24) is 8.87 Å². The Bertz CT molecular complexity index is 1260. The van der Waals surface area contributed by atoms with Gasteiger partial charge < -0.3 is 14.0 Å². The number of sulfonamides is 1. The first-order valence-corrected chi connectivity index (χ1v) is 11.4. The van der Waals surface area contributed by atoms with Gasteiger partial charge in [-0.05, 0) is 37.3 Å². The SMILES string of the molecule is CCn1c(=NC(=O)c2ccc(S(=O)(=O)N(C)C)cc2)sc2cc(OC)cc(OC)c21. The van der Waals surface area contributed by atoms with Gasteiger partial charge >= 0.3 is 0 Å². The highest BCUT2D eigenvalue weighted by Gasteiger charge is 2.18. The van der Waals surface area contributed by atoms with Gasteiger partial charge in [0.25, 0.3) is 5.91 Å². The molecule has 160 valence electrons. The first-order chi connectivity index (χ1) is 14.2. The van der Waals surface area contributed by atoms with E-state index in [0.717, 1.165) is 14.5 Å². The molecule has 0 radical (unpaired) electrons. The van der Waals surface area contributed by atoms with E-state index in [1.807, 2.05) is 17.6 Å². The van der Waals surface area contributed by atoms with Gasteiger partial charge in [-0.2, -0.15) is 4.99 Å². The lowest BCUT2D eigenvalue weighted by atomic mass is 10.2. The Balaban J connectivity index is 2.07. The average Bonchev–Trinajstić information content (AvgIpc) is 3.09. The minimum atomic E-state index is -3.56. The molecular formula is C20H23N3O5S2. The van der Waals surface area contributed by atoms with E-state index in [1.165, 1.54) is 49.7 Å². The highest BCUT2D eigenvalue weighted by molar-refractivity contribution is 7.89. The van der Waals surface area contributed by atoms with Crippen LogP contribution >= 0.6 is 11.3 Å². The smallest absolute Gasteiger partial charge is 0.279 e. The molecule has 0 unspecified atom stereocenters. The molecule has 0 aliphatic heterocycles. The van der Waals surface area contributed by atoms with Gasteiger partial charge in [-0.25, -0.2) is 12.7 Å². The Morgan fingerprint density at radius 2 is 1.80 bits per heavy atom. The molecule has 10 heteroatoms. The molecule has 0 atom stereocenters. The third-order valence-electron chi connectivity index (χ3n) is 4.56. The van der Waals surface area contributed by atoms with Crippen molar-refractivity contribution >= 4 is 37.5 Å². The van der Waals surface area contributed by atoms with Crippen LogP contribution in [0.1, 0.15) is 17.3 Å². The number of aromatic nitrogens is 1. The van der Waals surface area contributed by atoms with E-state index in [9.17, 15) is 13.2 Å². The van der Waals surface area contributed by atoms with Gasteiger partial charge in [-0.15, -0.1) is 0 Å². The molecule has 30 heavy (non-hydrogen) atoms. The molecular weight excluding hydrogens is 426 g/mol. The Hall–Kier alpha value is -2.69. The van der Waals surface area contributed by atoms with E-state index in [-0.39, 0.29) is 4.90 Å². The van der Waals surface area contributed by atoms with Gasteiger partial charge in [-0.3, -0.25) is 4.79 Å². The van der Waals surface area contributed by atoms with Crippen LogP contribution < -0.4 is 14.3 Å². The molecule has 3 rings (SSSR count). The van der Waals surface area contributed by atoms with Gasteiger partial charge in [0.2, 0.25) is 10.0 Å². The maximum Gasteiger partial charge on any atom is 0.279 e. The second-order valence-electron chi connectivity index (χ2n) is 6.53. The highest BCUT2D eigenvalue weighted by Crippen LogP contribution is 2.32. The summed E-state index contributed by atoms with van der Waals surface area (Å²) in [6, 6.07) is 9.41. The van der Waals surface area contributed by atoms with Crippen molar-refractivity contribution in [3.05, 3.63) is 46.8 Å². The third kappa shape index (κ3) is 3.98. The van der Waals surface area contributed by atoms with Crippen LogP contribution in [0.25, 0.3) is 10.2 Å². The largest absolute Gasteiger partial charge is 0.497 e. The topological polar surface area (TPSA) is 90.2 Å². The van der Waals surface area contributed by atoms with Crippen LogP contribution in [0.5, 0.6) is 11.5 Å². The zero-order chi connectivity index (χ0) is 22.1. The fourth-order valence-corrected chi connectivity index (χ4v) is 4.97. The number of nitrogens with zero attached hydrogens (tertiary/aromatic N) is 3. The number of carbonyl (C=O) groups is 1. The fraction of sp³-hybridized carbons (Fsp3) is 0.300. The summed E-state index contributed by atoms with van der Waals surface area (Å²) < 4.78 is 39.1. The van der Waals surface area contributed by atoms with Gasteiger partial charge in [0.1, 0.15) is 17.0 Å². The van der Waals surface area contributed by atoms with Gasteiger partial charge in [0.15, 0.2) is 4.80 Å². The molecule has 3 aromatic rings. The molecule has 8 nitrogen and oxygen atoms in total. The Labute approximate surface area is 179 Å². The molecule has 0 fully saturated rings. The molecule has 0 aliphatic carbocycles. The van der Waals surface area contributed by atoms with Gasteiger partial charge in [-0.1, -0.05) is 11.3 Å². The van der Waals surface area contributed by atoms with E-state index in [1.54, 1.807) is 20.3 Å². The van der Waals surface area contributed by atoms with Gasteiger partial charge in [0, 0.05) is 32.3 Å². The number of hydrogen-bond donors (Lipinski definition) is 0. The number of aryl methyl sites for hydroxylation is 1. The predicted molar refractivity (Wildman–Crippen MR) is 116 cm³/mol. The van der Waals surface area contributed by atoms with Crippen LogP contribution in [0.4, 0.5) is 0 Å². The van der Waals surface area contributed by atoms with Crippen LogP contribution in [-0.2, 0) is 16.6 Å². The third-order valence-corrected chi connectivity index (χ3v) is 7.42. The van der Waals surface area contributed by atoms with Crippen molar-refractivity contribution in [3.63, 3.8) is 0 Å². The van der Waals surface area contributed by atoms with Crippen LogP contribution in [-0.4, -0.2) is 51.5 Å². The quantitative estimate of drug-likeness (QED) is 0.577. The lowest BCUT2D eigenvalue weighted by molar-refractivity contribution is 0.0997. The van der Waals surface area contributed by atoms with E-state index >= 15 is 0 Å². The maximum atomic E-state index is 12.7. The Morgan fingerprint density at radius 1 is 1.13 bits per heavy atom. The molecule has 0 saturated heterocycles. The van der Waals surface area contributed by atoms with E-state index in [4.69, 9.17) is 9.47 Å². The summed E-state index contributed by atoms with van der Waals surface area (Å²) in [6.07, 6.45) is 0. The zero-order valence-corrected chi connectivity index (χ0v) is 19.0. The zero-order valence-electron chi connectivity index (χ0n) is 17.4. The second kappa shape index (κ2) is 8.58. The van der Waals surface area contributed by atoms with Crippen LogP contribution in [0.3, 0.4) is 0 Å². The lowest BCUT2D eigenvalue weighted by Crippen LogP contribution is -2.22. The van der Waals surface area contributed by atoms with E-state index in [0.29, 0.717) is 28.4 Å². The molecule has 1 amide bonds. The summed E-state index contributed by atoms with van der Waals surface area (Å²) in [7, 11) is 2.52. The normalized spacial score (nSPS) is 12.5. The van der Waals surface area contributed by atoms with Crippen molar-refractivity contribution in [1.29, 1.82) is 0 Å². The first-order valence-electron chi connectivity index (χ1n) is 9.10. The summed E-state index contributed by atoms with van der Waals surface area (Å²) in [5.41, 5.74) is 1.14. The number of rotatable bonds is 6. The Kier molecular flexibility index (Phi) is 6.30. The Morgan fingerprint density at radius 3 is 2.33 bits per heavy atom. The standard InChI is InChI=1S/C20H23N3O5S2/c1-6-23-18-16(28-5)11-14(27-4)12-17(18)29-20(23)21-19(24)13-7-9-15(10-8-13)30(25,26)22(2)3/h7-12H,6H2,1-5H3. The molecule has 2 aromatic carbocycles. The molecule has 1 heterocycles. The van der Waals surface area contributed by atoms with Crippen molar-refractivity contribution in [3.8, 4) is 11.5 Å². The summed E-state index contributed by atoms with van der Waals surface area (Å²) in [5.74, 6) is 0.831. The molecule has 0 spiro atoms. The fourth-order valence-electron chi connectivity index (χ4n) is 2.93. The number of carbonyl (C=O) groups excluding carboxylic acids is 1. The number of hydrogen-bond acceptors (Lipinski definition) is 6. The molecule has 0 saturated carbocycles. The number of thiazole rings is 1. The number of ether oxygens (including phenoxy) is 2. The maximum absolute atomic E-state index is 12.7. The number of fused-ring (bicyclic) bond motifs is 1. The minimum absolute atomic E-state index is 0.117.